The summed E-state index contributed by atoms with van der Waals surface area (Å²) in [5, 5.41) is 3.86. The molecule has 2 aromatic carbocycles. The Morgan fingerprint density at radius 1 is 1.06 bits per heavy atom. The number of rotatable bonds is 8. The molecule has 1 aliphatic heterocycles. The van der Waals surface area contributed by atoms with Crippen molar-refractivity contribution in [1.82, 2.24) is 14.4 Å². The minimum atomic E-state index is -3.74. The molecule has 4 rings (SSSR count). The lowest BCUT2D eigenvalue weighted by Crippen LogP contribution is -2.48. The normalized spacial score (nSPS) is 15.0. The minimum absolute atomic E-state index is 0.0621. The van der Waals surface area contributed by atoms with Crippen LogP contribution in [0.15, 0.2) is 64.0 Å². The smallest absolute Gasteiger partial charge is 0.338 e. The fourth-order valence-electron chi connectivity index (χ4n) is 3.77. The highest BCUT2D eigenvalue weighted by molar-refractivity contribution is 7.89. The van der Waals surface area contributed by atoms with Gasteiger partial charge in [0.1, 0.15) is 0 Å². The summed E-state index contributed by atoms with van der Waals surface area (Å²) in [6, 6.07) is 15.8. The molecule has 10 heteroatoms. The Morgan fingerprint density at radius 2 is 1.79 bits per heavy atom. The molecule has 0 aliphatic carbocycles. The maximum Gasteiger partial charge on any atom is 0.338 e. The van der Waals surface area contributed by atoms with E-state index in [0.29, 0.717) is 44.3 Å². The van der Waals surface area contributed by atoms with Gasteiger partial charge in [-0.3, -0.25) is 0 Å². The van der Waals surface area contributed by atoms with Crippen molar-refractivity contribution in [1.29, 1.82) is 0 Å². The van der Waals surface area contributed by atoms with Gasteiger partial charge in [-0.1, -0.05) is 43.3 Å². The third-order valence-electron chi connectivity index (χ3n) is 5.50. The van der Waals surface area contributed by atoms with E-state index in [1.807, 2.05) is 44.2 Å². The fourth-order valence-corrected chi connectivity index (χ4v) is 5.23. The molecule has 0 atom stereocenters. The monoisotopic (exact) mass is 484 g/mol. The first kappa shape index (κ1) is 23.9. The predicted octanol–water partition coefficient (Wildman–Crippen LogP) is 3.14. The van der Waals surface area contributed by atoms with Gasteiger partial charge in [0.15, 0.2) is 12.4 Å². The second-order valence-electron chi connectivity index (χ2n) is 8.53. The number of aromatic nitrogens is 2. The highest BCUT2D eigenvalue weighted by atomic mass is 32.2. The molecule has 1 aromatic heterocycles. The van der Waals surface area contributed by atoms with Crippen LogP contribution >= 0.6 is 0 Å². The van der Waals surface area contributed by atoms with Gasteiger partial charge >= 0.3 is 5.97 Å². The topological polar surface area (TPSA) is 106 Å². The van der Waals surface area contributed by atoms with E-state index in [2.05, 4.69) is 15.0 Å². The number of carbonyl (C=O) groups excluding carboxylic acids is 1. The van der Waals surface area contributed by atoms with Crippen molar-refractivity contribution >= 4 is 21.7 Å². The van der Waals surface area contributed by atoms with Gasteiger partial charge in [0.05, 0.1) is 10.5 Å². The van der Waals surface area contributed by atoms with Gasteiger partial charge in [-0.05, 0) is 36.2 Å². The van der Waals surface area contributed by atoms with E-state index in [1.54, 1.807) is 0 Å². The fraction of sp³-hybridized carbons (Fsp3) is 0.375. The van der Waals surface area contributed by atoms with Gasteiger partial charge in [0.25, 0.3) is 5.89 Å². The van der Waals surface area contributed by atoms with Crippen LogP contribution < -0.4 is 4.90 Å². The van der Waals surface area contributed by atoms with E-state index in [4.69, 9.17) is 9.26 Å². The SMILES string of the molecule is CC(C)Cc1noc(COC(=O)c2cccc(S(=O)(=O)N3CCN(c4ccccc4)CC3)c2)n1. The third-order valence-corrected chi connectivity index (χ3v) is 7.39. The van der Waals surface area contributed by atoms with Gasteiger partial charge in [-0.25, -0.2) is 13.2 Å². The first-order valence-electron chi connectivity index (χ1n) is 11.2. The van der Waals surface area contributed by atoms with Gasteiger partial charge in [-0.15, -0.1) is 0 Å². The average molecular weight is 485 g/mol. The molecule has 0 saturated carbocycles. The van der Waals surface area contributed by atoms with Crippen LogP contribution in [0.4, 0.5) is 5.69 Å². The van der Waals surface area contributed by atoms with Crippen molar-refractivity contribution < 1.29 is 22.5 Å². The Bertz CT molecular complexity index is 1220. The minimum Gasteiger partial charge on any atom is -0.452 e. The lowest BCUT2D eigenvalue weighted by Gasteiger charge is -2.35. The molecule has 0 radical (unpaired) electrons. The summed E-state index contributed by atoms with van der Waals surface area (Å²) in [4.78, 5) is 19.0. The zero-order chi connectivity index (χ0) is 24.1. The zero-order valence-corrected chi connectivity index (χ0v) is 20.1. The van der Waals surface area contributed by atoms with Gasteiger partial charge in [0, 0.05) is 38.3 Å². The maximum atomic E-state index is 13.2. The number of esters is 1. The summed E-state index contributed by atoms with van der Waals surface area (Å²) in [5.41, 5.74) is 1.22. The van der Waals surface area contributed by atoms with E-state index in [9.17, 15) is 13.2 Å². The van der Waals surface area contributed by atoms with Gasteiger partial charge < -0.3 is 14.2 Å². The summed E-state index contributed by atoms with van der Waals surface area (Å²) in [6.45, 7) is 5.81. The molecule has 0 N–H and O–H groups in total. The maximum absolute atomic E-state index is 13.2. The van der Waals surface area contributed by atoms with Crippen molar-refractivity contribution in [3.63, 3.8) is 0 Å². The largest absolute Gasteiger partial charge is 0.452 e. The standard InChI is InChI=1S/C24H28N4O5S/c1-18(2)15-22-25-23(33-26-22)17-32-24(29)19-7-6-10-21(16-19)34(30,31)28-13-11-27(12-14-28)20-8-4-3-5-9-20/h3-10,16,18H,11-15,17H2,1-2H3. The Balaban J connectivity index is 1.38. The van der Waals surface area contributed by atoms with Crippen LogP contribution in [0.3, 0.4) is 0 Å². The van der Waals surface area contributed by atoms with Crippen molar-refractivity contribution in [3.05, 3.63) is 71.9 Å². The Labute approximate surface area is 199 Å². The number of ether oxygens (including phenoxy) is 1. The Hall–Kier alpha value is -3.24. The molecule has 0 bridgehead atoms. The molecule has 1 saturated heterocycles. The van der Waals surface area contributed by atoms with Crippen LogP contribution in [-0.4, -0.2) is 55.0 Å². The molecule has 2 heterocycles. The molecule has 1 fully saturated rings. The summed E-state index contributed by atoms with van der Waals surface area (Å²) in [7, 11) is -3.74. The molecule has 9 nitrogen and oxygen atoms in total. The van der Waals surface area contributed by atoms with E-state index in [-0.39, 0.29) is 23.0 Å². The molecule has 0 unspecified atom stereocenters. The summed E-state index contributed by atoms with van der Waals surface area (Å²) in [5.74, 6) is 0.471. The first-order chi connectivity index (χ1) is 16.3. The van der Waals surface area contributed by atoms with Crippen LogP contribution in [0.25, 0.3) is 0 Å². The summed E-state index contributed by atoms with van der Waals surface area (Å²) >= 11 is 0. The number of para-hydroxylation sites is 1. The van der Waals surface area contributed by atoms with Gasteiger partial charge in [0.2, 0.25) is 10.0 Å². The van der Waals surface area contributed by atoms with Crippen LogP contribution in [0.2, 0.25) is 0 Å². The number of hydrogen-bond donors (Lipinski definition) is 0. The molecule has 0 amide bonds. The number of piperazine rings is 1. The number of anilines is 1. The highest BCUT2D eigenvalue weighted by Gasteiger charge is 2.29. The Kier molecular flexibility index (Phi) is 7.28. The first-order valence-corrected chi connectivity index (χ1v) is 12.7. The van der Waals surface area contributed by atoms with E-state index in [1.165, 1.54) is 28.6 Å². The molecule has 180 valence electrons. The summed E-state index contributed by atoms with van der Waals surface area (Å²) in [6.07, 6.45) is 0.664. The number of carbonyl (C=O) groups is 1. The van der Waals surface area contributed by atoms with Crippen molar-refractivity contribution in [3.8, 4) is 0 Å². The van der Waals surface area contributed by atoms with Crippen LogP contribution in [0.5, 0.6) is 0 Å². The number of hydrogen-bond acceptors (Lipinski definition) is 8. The van der Waals surface area contributed by atoms with E-state index >= 15 is 0 Å². The van der Waals surface area contributed by atoms with Crippen LogP contribution in [-0.2, 0) is 27.8 Å². The molecule has 0 spiro atoms. The average Bonchev–Trinajstić information content (AvgIpc) is 3.29. The molecular formula is C24H28N4O5S. The van der Waals surface area contributed by atoms with E-state index < -0.39 is 16.0 Å². The number of nitrogens with zero attached hydrogens (tertiary/aromatic N) is 4. The molecule has 3 aromatic rings. The lowest BCUT2D eigenvalue weighted by molar-refractivity contribution is 0.0429. The second-order valence-corrected chi connectivity index (χ2v) is 10.5. The van der Waals surface area contributed by atoms with Crippen molar-refractivity contribution in [2.24, 2.45) is 5.92 Å². The van der Waals surface area contributed by atoms with Crippen LogP contribution in [0, 0.1) is 5.92 Å². The predicted molar refractivity (Wildman–Crippen MR) is 126 cm³/mol. The third kappa shape index (κ3) is 5.63. The number of sulfonamides is 1. The molecule has 34 heavy (non-hydrogen) atoms. The zero-order valence-electron chi connectivity index (χ0n) is 19.3. The van der Waals surface area contributed by atoms with Crippen molar-refractivity contribution in [2.45, 2.75) is 31.8 Å². The van der Waals surface area contributed by atoms with Gasteiger partial charge in [-0.2, -0.15) is 9.29 Å². The van der Waals surface area contributed by atoms with Crippen molar-refractivity contribution in [2.75, 3.05) is 31.1 Å². The molecule has 1 aliphatic rings. The second kappa shape index (κ2) is 10.4. The summed E-state index contributed by atoms with van der Waals surface area (Å²) < 4.78 is 38.2. The quantitative estimate of drug-likeness (QED) is 0.449. The lowest BCUT2D eigenvalue weighted by atomic mass is 10.1. The molecular weight excluding hydrogens is 456 g/mol. The van der Waals surface area contributed by atoms with Crippen LogP contribution in [0.1, 0.15) is 35.9 Å². The van der Waals surface area contributed by atoms with E-state index in [0.717, 1.165) is 5.69 Å². The Morgan fingerprint density at radius 3 is 2.50 bits per heavy atom. The number of benzene rings is 2. The highest BCUT2D eigenvalue weighted by Crippen LogP contribution is 2.22.